The standard InChI is InChI=1S/C23H22ClFN4O3/c24-18-10-14(3-5-19(18)25)22-26-20-6-4-15(11-17(20)23(32)29(22)13-21(30)31)28-9-8-27-7-1-2-16(27)12-28/h3-6,10-11,16H,1-2,7-9,12-13H2,(H,30,31). The smallest absolute Gasteiger partial charge is 0.323 e. The van der Waals surface area contributed by atoms with E-state index in [1.807, 2.05) is 6.07 Å². The van der Waals surface area contributed by atoms with Crippen LogP contribution < -0.4 is 10.5 Å². The number of aromatic nitrogens is 2. The number of benzene rings is 2. The highest BCUT2D eigenvalue weighted by Crippen LogP contribution is 2.28. The first-order valence-corrected chi connectivity index (χ1v) is 11.0. The van der Waals surface area contributed by atoms with E-state index in [4.69, 9.17) is 11.6 Å². The van der Waals surface area contributed by atoms with E-state index in [1.54, 1.807) is 12.1 Å². The molecule has 0 aliphatic carbocycles. The Morgan fingerprint density at radius 2 is 2.03 bits per heavy atom. The van der Waals surface area contributed by atoms with Crippen molar-refractivity contribution < 1.29 is 14.3 Å². The second kappa shape index (κ2) is 8.18. The zero-order valence-corrected chi connectivity index (χ0v) is 18.1. The van der Waals surface area contributed by atoms with Crippen LogP contribution in [0, 0.1) is 5.82 Å². The van der Waals surface area contributed by atoms with Gasteiger partial charge in [0.15, 0.2) is 0 Å². The minimum Gasteiger partial charge on any atom is -0.480 e. The van der Waals surface area contributed by atoms with Gasteiger partial charge < -0.3 is 10.0 Å². The van der Waals surface area contributed by atoms with Gasteiger partial charge >= 0.3 is 5.97 Å². The molecule has 0 saturated carbocycles. The van der Waals surface area contributed by atoms with Crippen molar-refractivity contribution >= 4 is 34.2 Å². The maximum atomic E-state index is 13.6. The molecule has 9 heteroatoms. The van der Waals surface area contributed by atoms with Crippen molar-refractivity contribution in [1.82, 2.24) is 14.5 Å². The Hall–Kier alpha value is -2.97. The van der Waals surface area contributed by atoms with E-state index in [0.29, 0.717) is 22.5 Å². The summed E-state index contributed by atoms with van der Waals surface area (Å²) in [4.78, 5) is 34.2. The summed E-state index contributed by atoms with van der Waals surface area (Å²) in [6, 6.07) is 10.0. The van der Waals surface area contributed by atoms with Crippen LogP contribution in [0.15, 0.2) is 41.2 Å². The zero-order valence-electron chi connectivity index (χ0n) is 17.3. The largest absolute Gasteiger partial charge is 0.480 e. The fourth-order valence-electron chi connectivity index (χ4n) is 4.77. The first-order valence-electron chi connectivity index (χ1n) is 10.6. The van der Waals surface area contributed by atoms with Crippen LogP contribution in [0.5, 0.6) is 0 Å². The van der Waals surface area contributed by atoms with E-state index in [-0.39, 0.29) is 10.8 Å². The van der Waals surface area contributed by atoms with Crippen LogP contribution in [0.1, 0.15) is 12.8 Å². The summed E-state index contributed by atoms with van der Waals surface area (Å²) in [6.07, 6.45) is 2.40. The van der Waals surface area contributed by atoms with Crippen molar-refractivity contribution in [2.45, 2.75) is 25.4 Å². The normalized spacial score (nSPS) is 18.8. The molecule has 7 nitrogen and oxygen atoms in total. The molecule has 5 rings (SSSR count). The summed E-state index contributed by atoms with van der Waals surface area (Å²) in [6.45, 7) is 3.38. The van der Waals surface area contributed by atoms with Gasteiger partial charge in [0.25, 0.3) is 5.56 Å². The zero-order chi connectivity index (χ0) is 22.4. The topological polar surface area (TPSA) is 78.7 Å². The van der Waals surface area contributed by atoms with Crippen molar-refractivity contribution in [2.24, 2.45) is 0 Å². The van der Waals surface area contributed by atoms with Crippen LogP contribution in [0.3, 0.4) is 0 Å². The van der Waals surface area contributed by atoms with Gasteiger partial charge in [-0.25, -0.2) is 9.37 Å². The fourth-order valence-corrected chi connectivity index (χ4v) is 4.95. The predicted octanol–water partition coefficient (Wildman–Crippen LogP) is 3.23. The molecule has 2 fully saturated rings. The molecule has 3 heterocycles. The number of fused-ring (bicyclic) bond motifs is 2. The van der Waals surface area contributed by atoms with Crippen LogP contribution in [0.4, 0.5) is 10.1 Å². The number of piperazine rings is 1. The van der Waals surface area contributed by atoms with Crippen LogP contribution in [0.25, 0.3) is 22.3 Å². The van der Waals surface area contributed by atoms with E-state index in [2.05, 4.69) is 14.8 Å². The Balaban J connectivity index is 1.60. The Bertz CT molecular complexity index is 1280. The van der Waals surface area contributed by atoms with Crippen molar-refractivity contribution in [3.05, 3.63) is 57.6 Å². The molecule has 0 amide bonds. The quantitative estimate of drug-likeness (QED) is 0.649. The number of anilines is 1. The minimum atomic E-state index is -1.17. The van der Waals surface area contributed by atoms with Gasteiger partial charge in [-0.1, -0.05) is 11.6 Å². The highest BCUT2D eigenvalue weighted by atomic mass is 35.5. The second-order valence-corrected chi connectivity index (χ2v) is 8.74. The number of hydrogen-bond acceptors (Lipinski definition) is 5. The summed E-state index contributed by atoms with van der Waals surface area (Å²) in [5.74, 6) is -1.63. The Morgan fingerprint density at radius 3 is 2.81 bits per heavy atom. The van der Waals surface area contributed by atoms with Gasteiger partial charge in [-0.05, 0) is 55.8 Å². The summed E-state index contributed by atoms with van der Waals surface area (Å²) >= 11 is 5.91. The average molecular weight is 457 g/mol. The lowest BCUT2D eigenvalue weighted by molar-refractivity contribution is -0.137. The third-order valence-electron chi connectivity index (χ3n) is 6.36. The number of halogens is 2. The van der Waals surface area contributed by atoms with Crippen molar-refractivity contribution in [3.63, 3.8) is 0 Å². The number of carbonyl (C=O) groups is 1. The first kappa shape index (κ1) is 20.9. The number of carboxylic acids is 1. The van der Waals surface area contributed by atoms with Crippen LogP contribution in [-0.2, 0) is 11.3 Å². The van der Waals surface area contributed by atoms with E-state index < -0.39 is 23.9 Å². The van der Waals surface area contributed by atoms with Crippen molar-refractivity contribution in [2.75, 3.05) is 31.1 Å². The van der Waals surface area contributed by atoms with Crippen LogP contribution in [-0.4, -0.2) is 57.7 Å². The third-order valence-corrected chi connectivity index (χ3v) is 6.65. The highest BCUT2D eigenvalue weighted by Gasteiger charge is 2.30. The van der Waals surface area contributed by atoms with E-state index in [0.717, 1.165) is 36.4 Å². The Kier molecular flexibility index (Phi) is 5.35. The highest BCUT2D eigenvalue weighted by molar-refractivity contribution is 6.31. The molecular formula is C23H22ClFN4O3. The molecule has 2 saturated heterocycles. The molecule has 2 aliphatic heterocycles. The molecular weight excluding hydrogens is 435 g/mol. The Morgan fingerprint density at radius 1 is 1.19 bits per heavy atom. The lowest BCUT2D eigenvalue weighted by atomic mass is 10.1. The first-order chi connectivity index (χ1) is 15.4. The molecule has 0 radical (unpaired) electrons. The summed E-state index contributed by atoms with van der Waals surface area (Å²) in [5, 5.41) is 9.62. The number of aliphatic carboxylic acids is 1. The molecule has 1 atom stereocenters. The van der Waals surface area contributed by atoms with Crippen LogP contribution >= 0.6 is 11.6 Å². The number of carboxylic acid groups (broad SMARTS) is 1. The van der Waals surface area contributed by atoms with E-state index in [1.165, 1.54) is 31.0 Å². The molecule has 1 N–H and O–H groups in total. The van der Waals surface area contributed by atoms with Gasteiger partial charge in [-0.2, -0.15) is 0 Å². The van der Waals surface area contributed by atoms with Gasteiger partial charge in [-0.15, -0.1) is 0 Å². The van der Waals surface area contributed by atoms with Gasteiger partial charge in [0.05, 0.1) is 15.9 Å². The Labute approximate surface area is 188 Å². The molecule has 32 heavy (non-hydrogen) atoms. The molecule has 166 valence electrons. The minimum absolute atomic E-state index is 0.125. The predicted molar refractivity (Wildman–Crippen MR) is 121 cm³/mol. The molecule has 2 aliphatic rings. The molecule has 1 aromatic heterocycles. The fraction of sp³-hybridized carbons (Fsp3) is 0.348. The maximum absolute atomic E-state index is 13.6. The van der Waals surface area contributed by atoms with Crippen molar-refractivity contribution in [1.29, 1.82) is 0 Å². The molecule has 2 aromatic carbocycles. The van der Waals surface area contributed by atoms with Crippen LogP contribution in [0.2, 0.25) is 5.02 Å². The number of nitrogens with zero attached hydrogens (tertiary/aromatic N) is 4. The lowest BCUT2D eigenvalue weighted by Gasteiger charge is -2.38. The van der Waals surface area contributed by atoms with Crippen molar-refractivity contribution in [3.8, 4) is 11.4 Å². The number of rotatable bonds is 4. The summed E-state index contributed by atoms with van der Waals surface area (Å²) < 4.78 is 14.7. The molecule has 1 unspecified atom stereocenters. The van der Waals surface area contributed by atoms with Gasteiger partial charge in [0.2, 0.25) is 0 Å². The average Bonchev–Trinajstić information content (AvgIpc) is 3.25. The lowest BCUT2D eigenvalue weighted by Crippen LogP contribution is -2.50. The summed E-state index contributed by atoms with van der Waals surface area (Å²) in [7, 11) is 0. The van der Waals surface area contributed by atoms with Gasteiger partial charge in [0.1, 0.15) is 18.2 Å². The number of hydrogen-bond donors (Lipinski definition) is 1. The molecule has 0 spiro atoms. The van der Waals surface area contributed by atoms with E-state index in [9.17, 15) is 19.1 Å². The maximum Gasteiger partial charge on any atom is 0.323 e. The SMILES string of the molecule is O=C(O)Cn1c(-c2ccc(F)c(Cl)c2)nc2ccc(N3CCN4CCCC4C3)cc2c1=O. The second-order valence-electron chi connectivity index (χ2n) is 8.33. The molecule has 3 aromatic rings. The summed E-state index contributed by atoms with van der Waals surface area (Å²) in [5.41, 5.74) is 1.31. The van der Waals surface area contributed by atoms with E-state index >= 15 is 0 Å². The van der Waals surface area contributed by atoms with Gasteiger partial charge in [0, 0.05) is 36.9 Å². The monoisotopic (exact) mass is 456 g/mol. The van der Waals surface area contributed by atoms with Gasteiger partial charge in [-0.3, -0.25) is 19.1 Å². The molecule has 0 bridgehead atoms. The third kappa shape index (κ3) is 3.73.